The lowest BCUT2D eigenvalue weighted by Gasteiger charge is -2.12. The second-order valence-electron chi connectivity index (χ2n) is 6.74. The Hall–Kier alpha value is -2.89. The Bertz CT molecular complexity index is 899. The molecule has 1 saturated carbocycles. The Morgan fingerprint density at radius 1 is 1.15 bits per heavy atom. The first-order chi connectivity index (χ1) is 12.7. The van der Waals surface area contributed by atoms with Crippen LogP contribution < -0.4 is 10.1 Å². The Balaban J connectivity index is 1.58. The number of rotatable bonds is 5. The van der Waals surface area contributed by atoms with Gasteiger partial charge in [0.2, 0.25) is 5.95 Å². The molecule has 1 fully saturated rings. The Labute approximate surface area is 153 Å². The average Bonchev–Trinajstić information content (AvgIpc) is 3.34. The standard InChI is InChI=1S/C20H23N5O/c1-13-12-22-19(23-13)16-8-7-15(11-18(16)26-2)24-20-21-10-9-17(25-20)14-5-3-4-6-14/h7-12,14H,3-6H2,1-2H3,(H,22,23)(H,21,24,25). The van der Waals surface area contributed by atoms with Gasteiger partial charge >= 0.3 is 0 Å². The van der Waals surface area contributed by atoms with E-state index < -0.39 is 0 Å². The molecule has 2 N–H and O–H groups in total. The lowest BCUT2D eigenvalue weighted by molar-refractivity contribution is 0.416. The molecule has 1 aliphatic carbocycles. The molecule has 0 radical (unpaired) electrons. The highest BCUT2D eigenvalue weighted by atomic mass is 16.5. The van der Waals surface area contributed by atoms with Gasteiger partial charge in [-0.3, -0.25) is 0 Å². The van der Waals surface area contributed by atoms with Crippen molar-refractivity contribution in [3.63, 3.8) is 0 Å². The first kappa shape index (κ1) is 16.6. The molecule has 0 amide bonds. The van der Waals surface area contributed by atoms with Crippen molar-refractivity contribution in [2.24, 2.45) is 0 Å². The monoisotopic (exact) mass is 349 g/mol. The summed E-state index contributed by atoms with van der Waals surface area (Å²) in [4.78, 5) is 16.7. The van der Waals surface area contributed by atoms with Crippen molar-refractivity contribution in [1.29, 1.82) is 0 Å². The van der Waals surface area contributed by atoms with Crippen LogP contribution in [0.25, 0.3) is 11.4 Å². The molecule has 0 bridgehead atoms. The van der Waals surface area contributed by atoms with E-state index in [9.17, 15) is 0 Å². The highest BCUT2D eigenvalue weighted by Crippen LogP contribution is 2.34. The van der Waals surface area contributed by atoms with Gasteiger partial charge in [0.25, 0.3) is 0 Å². The van der Waals surface area contributed by atoms with Crippen molar-refractivity contribution >= 4 is 11.6 Å². The Morgan fingerprint density at radius 2 is 2.00 bits per heavy atom. The van der Waals surface area contributed by atoms with Gasteiger partial charge in [-0.2, -0.15) is 0 Å². The molecular formula is C20H23N5O. The molecular weight excluding hydrogens is 326 g/mol. The molecule has 0 unspecified atom stereocenters. The molecule has 26 heavy (non-hydrogen) atoms. The first-order valence-electron chi connectivity index (χ1n) is 9.03. The van der Waals surface area contributed by atoms with Gasteiger partial charge < -0.3 is 15.0 Å². The maximum atomic E-state index is 5.55. The average molecular weight is 349 g/mol. The van der Waals surface area contributed by atoms with Crippen molar-refractivity contribution < 1.29 is 4.74 Å². The number of anilines is 2. The molecule has 1 aromatic carbocycles. The number of nitrogens with one attached hydrogen (secondary N) is 2. The van der Waals surface area contributed by atoms with Crippen LogP contribution in [0.4, 0.5) is 11.6 Å². The van der Waals surface area contributed by atoms with Crippen LogP contribution in [-0.4, -0.2) is 27.0 Å². The normalized spacial score (nSPS) is 14.5. The number of hydrogen-bond acceptors (Lipinski definition) is 5. The van der Waals surface area contributed by atoms with Crippen molar-refractivity contribution in [3.8, 4) is 17.1 Å². The third-order valence-electron chi connectivity index (χ3n) is 4.87. The number of aromatic nitrogens is 4. The fourth-order valence-corrected chi connectivity index (χ4v) is 3.53. The van der Waals surface area contributed by atoms with Gasteiger partial charge in [0.05, 0.1) is 12.7 Å². The predicted molar refractivity (Wildman–Crippen MR) is 102 cm³/mol. The van der Waals surface area contributed by atoms with Crippen LogP contribution in [0.5, 0.6) is 5.75 Å². The Kier molecular flexibility index (Phi) is 4.56. The molecule has 3 aromatic rings. The third kappa shape index (κ3) is 3.40. The van der Waals surface area contributed by atoms with E-state index in [0.717, 1.165) is 34.2 Å². The van der Waals surface area contributed by atoms with Crippen LogP contribution in [0.1, 0.15) is 43.0 Å². The molecule has 0 spiro atoms. The molecule has 0 atom stereocenters. The van der Waals surface area contributed by atoms with Crippen LogP contribution in [-0.2, 0) is 0 Å². The van der Waals surface area contributed by atoms with Crippen LogP contribution >= 0.6 is 0 Å². The van der Waals surface area contributed by atoms with Crippen molar-refractivity contribution in [2.75, 3.05) is 12.4 Å². The van der Waals surface area contributed by atoms with E-state index in [1.54, 1.807) is 7.11 Å². The minimum atomic E-state index is 0.567. The summed E-state index contributed by atoms with van der Waals surface area (Å²) in [6, 6.07) is 7.95. The number of H-pyrrole nitrogens is 1. The van der Waals surface area contributed by atoms with Gasteiger partial charge in [-0.05, 0) is 38.0 Å². The quantitative estimate of drug-likeness (QED) is 0.705. The summed E-state index contributed by atoms with van der Waals surface area (Å²) in [6.45, 7) is 1.98. The zero-order valence-corrected chi connectivity index (χ0v) is 15.1. The molecule has 6 heteroatoms. The summed E-state index contributed by atoms with van der Waals surface area (Å²) in [5.74, 6) is 2.73. The maximum absolute atomic E-state index is 5.55. The number of methoxy groups -OCH3 is 1. The third-order valence-corrected chi connectivity index (χ3v) is 4.87. The second kappa shape index (κ2) is 7.15. The number of hydrogen-bond donors (Lipinski definition) is 2. The smallest absolute Gasteiger partial charge is 0.227 e. The molecule has 6 nitrogen and oxygen atoms in total. The molecule has 134 valence electrons. The largest absolute Gasteiger partial charge is 0.496 e. The lowest BCUT2D eigenvalue weighted by atomic mass is 10.0. The highest BCUT2D eigenvalue weighted by molar-refractivity contribution is 5.70. The molecule has 2 aromatic heterocycles. The molecule has 1 aliphatic rings. The second-order valence-corrected chi connectivity index (χ2v) is 6.74. The van der Waals surface area contributed by atoms with Gasteiger partial charge in [-0.15, -0.1) is 0 Å². The van der Waals surface area contributed by atoms with Crippen LogP contribution in [0, 0.1) is 6.92 Å². The maximum Gasteiger partial charge on any atom is 0.227 e. The van der Waals surface area contributed by atoms with Gasteiger partial charge in [-0.25, -0.2) is 15.0 Å². The molecule has 0 aliphatic heterocycles. The minimum absolute atomic E-state index is 0.567. The summed E-state index contributed by atoms with van der Waals surface area (Å²) >= 11 is 0. The predicted octanol–water partition coefficient (Wildman–Crippen LogP) is 4.58. The van der Waals surface area contributed by atoms with Gasteiger partial charge in [0.1, 0.15) is 11.6 Å². The number of nitrogens with zero attached hydrogens (tertiary/aromatic N) is 3. The zero-order chi connectivity index (χ0) is 17.9. The SMILES string of the molecule is COc1cc(Nc2nccc(C3CCCC3)n2)ccc1-c1ncc(C)[nH]1. The number of ether oxygens (including phenoxy) is 1. The molecule has 4 rings (SSSR count). The van der Waals surface area contributed by atoms with Gasteiger partial charge in [0.15, 0.2) is 0 Å². The van der Waals surface area contributed by atoms with E-state index in [1.807, 2.05) is 43.6 Å². The van der Waals surface area contributed by atoms with Crippen molar-refractivity contribution in [2.45, 2.75) is 38.5 Å². The summed E-state index contributed by atoms with van der Waals surface area (Å²) in [7, 11) is 1.66. The van der Waals surface area contributed by atoms with E-state index in [0.29, 0.717) is 11.9 Å². The summed E-state index contributed by atoms with van der Waals surface area (Å²) in [5.41, 5.74) is 3.96. The lowest BCUT2D eigenvalue weighted by Crippen LogP contribution is -2.03. The number of aromatic amines is 1. The van der Waals surface area contributed by atoms with Gasteiger partial charge in [0, 0.05) is 41.5 Å². The Morgan fingerprint density at radius 3 is 2.73 bits per heavy atom. The summed E-state index contributed by atoms with van der Waals surface area (Å²) < 4.78 is 5.55. The zero-order valence-electron chi connectivity index (χ0n) is 15.1. The van der Waals surface area contributed by atoms with E-state index in [-0.39, 0.29) is 0 Å². The van der Waals surface area contributed by atoms with E-state index in [2.05, 4.69) is 20.3 Å². The topological polar surface area (TPSA) is 75.7 Å². The fourth-order valence-electron chi connectivity index (χ4n) is 3.53. The van der Waals surface area contributed by atoms with E-state index in [4.69, 9.17) is 9.72 Å². The van der Waals surface area contributed by atoms with Crippen molar-refractivity contribution in [3.05, 3.63) is 48.0 Å². The van der Waals surface area contributed by atoms with Crippen molar-refractivity contribution in [1.82, 2.24) is 19.9 Å². The highest BCUT2D eigenvalue weighted by Gasteiger charge is 2.19. The van der Waals surface area contributed by atoms with E-state index >= 15 is 0 Å². The number of aryl methyl sites for hydroxylation is 1. The summed E-state index contributed by atoms with van der Waals surface area (Å²) in [5, 5.41) is 3.29. The molecule has 0 saturated heterocycles. The summed E-state index contributed by atoms with van der Waals surface area (Å²) in [6.07, 6.45) is 8.68. The fraction of sp³-hybridized carbons (Fsp3) is 0.350. The first-order valence-corrected chi connectivity index (χ1v) is 9.03. The van der Waals surface area contributed by atoms with Crippen LogP contribution in [0.3, 0.4) is 0 Å². The van der Waals surface area contributed by atoms with Crippen LogP contribution in [0.15, 0.2) is 36.7 Å². The molecule has 2 heterocycles. The number of imidazole rings is 1. The minimum Gasteiger partial charge on any atom is -0.496 e. The number of benzene rings is 1. The van der Waals surface area contributed by atoms with E-state index in [1.165, 1.54) is 25.7 Å². The van der Waals surface area contributed by atoms with Crippen LogP contribution in [0.2, 0.25) is 0 Å². The van der Waals surface area contributed by atoms with Gasteiger partial charge in [-0.1, -0.05) is 12.8 Å².